The number of rotatable bonds is 4. The van der Waals surface area contributed by atoms with E-state index in [2.05, 4.69) is 5.32 Å². The maximum atomic E-state index is 14.3. The maximum Gasteiger partial charge on any atom is 0.149 e. The van der Waals surface area contributed by atoms with E-state index in [1.54, 1.807) is 4.90 Å². The summed E-state index contributed by atoms with van der Waals surface area (Å²) in [5, 5.41) is 3.16. The van der Waals surface area contributed by atoms with Gasteiger partial charge in [-0.15, -0.1) is 0 Å². The predicted molar refractivity (Wildman–Crippen MR) is 80.6 cm³/mol. The Balaban J connectivity index is 2.20. The van der Waals surface area contributed by atoms with Crippen molar-refractivity contribution in [3.05, 3.63) is 29.3 Å². The molecule has 0 radical (unpaired) electrons. The lowest BCUT2D eigenvalue weighted by molar-refractivity contribution is -0.00558. The number of halogens is 2. The molecule has 0 unspecified atom stereocenters. The van der Waals surface area contributed by atoms with Gasteiger partial charge in [-0.1, -0.05) is 13.8 Å². The molecule has 0 aromatic heterocycles. The number of hydrogen-bond acceptors (Lipinski definition) is 3. The Bertz CT molecular complexity index is 460. The highest BCUT2D eigenvalue weighted by molar-refractivity contribution is 5.51. The van der Waals surface area contributed by atoms with Crippen LogP contribution in [0.15, 0.2) is 12.1 Å². The normalized spacial score (nSPS) is 22.9. The molecule has 1 aromatic carbocycles. The molecule has 1 aliphatic rings. The van der Waals surface area contributed by atoms with Crippen molar-refractivity contribution in [1.29, 1.82) is 0 Å². The first-order valence-corrected chi connectivity index (χ1v) is 7.48. The summed E-state index contributed by atoms with van der Waals surface area (Å²) in [6, 6.07) is 3.11. The Hall–Kier alpha value is -1.20. The molecule has 0 aliphatic carbocycles. The number of hydrogen-bond donors (Lipinski definition) is 1. The topological polar surface area (TPSA) is 24.5 Å². The van der Waals surface area contributed by atoms with Crippen LogP contribution in [-0.4, -0.2) is 31.3 Å². The molecule has 118 valence electrons. The third kappa shape index (κ3) is 4.14. The second kappa shape index (κ2) is 6.71. The van der Waals surface area contributed by atoms with Crippen molar-refractivity contribution in [1.82, 2.24) is 5.32 Å². The van der Waals surface area contributed by atoms with Gasteiger partial charge in [0, 0.05) is 25.7 Å². The lowest BCUT2D eigenvalue weighted by Crippen LogP contribution is -2.46. The minimum Gasteiger partial charge on any atom is -0.372 e. The van der Waals surface area contributed by atoms with Crippen LogP contribution in [0.2, 0.25) is 0 Å². The second-order valence-corrected chi connectivity index (χ2v) is 6.11. The quantitative estimate of drug-likeness (QED) is 0.924. The van der Waals surface area contributed by atoms with E-state index in [0.717, 1.165) is 0 Å². The lowest BCUT2D eigenvalue weighted by atomic mass is 10.1. The third-order valence-corrected chi connectivity index (χ3v) is 3.53. The first-order valence-electron chi connectivity index (χ1n) is 7.48. The van der Waals surface area contributed by atoms with Crippen molar-refractivity contribution < 1.29 is 13.5 Å². The van der Waals surface area contributed by atoms with Gasteiger partial charge in [-0.3, -0.25) is 0 Å². The van der Waals surface area contributed by atoms with Crippen molar-refractivity contribution in [3.63, 3.8) is 0 Å². The van der Waals surface area contributed by atoms with E-state index in [4.69, 9.17) is 4.74 Å². The van der Waals surface area contributed by atoms with E-state index in [9.17, 15) is 8.78 Å². The molecular formula is C16H24F2N2O. The Morgan fingerprint density at radius 2 is 1.71 bits per heavy atom. The van der Waals surface area contributed by atoms with Crippen molar-refractivity contribution >= 4 is 5.69 Å². The highest BCUT2D eigenvalue weighted by Crippen LogP contribution is 2.28. The summed E-state index contributed by atoms with van der Waals surface area (Å²) in [5.41, 5.74) is 0.683. The van der Waals surface area contributed by atoms with Gasteiger partial charge in [-0.05, 0) is 31.5 Å². The highest BCUT2D eigenvalue weighted by Gasteiger charge is 2.26. The van der Waals surface area contributed by atoms with Crippen LogP contribution in [0.3, 0.4) is 0 Å². The Labute approximate surface area is 125 Å². The lowest BCUT2D eigenvalue weighted by Gasteiger charge is -2.37. The summed E-state index contributed by atoms with van der Waals surface area (Å²) in [5.74, 6) is -1.01. The third-order valence-electron chi connectivity index (χ3n) is 3.53. The fourth-order valence-electron chi connectivity index (χ4n) is 2.70. The first-order chi connectivity index (χ1) is 9.86. The summed E-state index contributed by atoms with van der Waals surface area (Å²) in [7, 11) is 0. The minimum atomic E-state index is -0.503. The summed E-state index contributed by atoms with van der Waals surface area (Å²) in [6.07, 6.45) is -0.0651. The molecule has 21 heavy (non-hydrogen) atoms. The standard InChI is InChI=1S/C16H24F2N2O/c1-10(2)19-7-13-5-14(17)16(15(18)6-13)20-8-11(3)21-12(4)9-20/h5-6,10-12,19H,7-9H2,1-4H3/t11-,12+. The largest absolute Gasteiger partial charge is 0.372 e. The van der Waals surface area contributed by atoms with Gasteiger partial charge in [0.25, 0.3) is 0 Å². The molecule has 2 rings (SSSR count). The minimum absolute atomic E-state index is 0.0326. The van der Waals surface area contributed by atoms with Gasteiger partial charge >= 0.3 is 0 Å². The zero-order valence-electron chi connectivity index (χ0n) is 13.1. The van der Waals surface area contributed by atoms with Crippen molar-refractivity contribution in [2.24, 2.45) is 0 Å². The monoisotopic (exact) mass is 298 g/mol. The van der Waals surface area contributed by atoms with Gasteiger partial charge in [0.1, 0.15) is 17.3 Å². The fraction of sp³-hybridized carbons (Fsp3) is 0.625. The number of nitrogens with zero attached hydrogens (tertiary/aromatic N) is 1. The predicted octanol–water partition coefficient (Wildman–Crippen LogP) is 3.08. The van der Waals surface area contributed by atoms with Gasteiger partial charge < -0.3 is 15.0 Å². The van der Waals surface area contributed by atoms with E-state index >= 15 is 0 Å². The van der Waals surface area contributed by atoms with Gasteiger partial charge in [-0.2, -0.15) is 0 Å². The van der Waals surface area contributed by atoms with Gasteiger partial charge in [-0.25, -0.2) is 8.78 Å². The molecule has 0 saturated carbocycles. The molecule has 1 saturated heterocycles. The van der Waals surface area contributed by atoms with E-state index < -0.39 is 11.6 Å². The summed E-state index contributed by atoms with van der Waals surface area (Å²) >= 11 is 0. The van der Waals surface area contributed by atoms with Gasteiger partial charge in [0.05, 0.1) is 12.2 Å². The van der Waals surface area contributed by atoms with Crippen LogP contribution in [0.5, 0.6) is 0 Å². The van der Waals surface area contributed by atoms with Crippen molar-refractivity contribution in [2.75, 3.05) is 18.0 Å². The smallest absolute Gasteiger partial charge is 0.149 e. The summed E-state index contributed by atoms with van der Waals surface area (Å²) in [4.78, 5) is 1.74. The maximum absolute atomic E-state index is 14.3. The first kappa shape index (κ1) is 16.2. The number of benzene rings is 1. The van der Waals surface area contributed by atoms with E-state index in [1.807, 2.05) is 27.7 Å². The van der Waals surface area contributed by atoms with Crippen LogP contribution in [0, 0.1) is 11.6 Å². The number of morpholine rings is 1. The van der Waals surface area contributed by atoms with Crippen LogP contribution in [-0.2, 0) is 11.3 Å². The highest BCUT2D eigenvalue weighted by atomic mass is 19.1. The van der Waals surface area contributed by atoms with Crippen LogP contribution in [0.4, 0.5) is 14.5 Å². The molecule has 0 bridgehead atoms. The number of ether oxygens (including phenoxy) is 1. The fourth-order valence-corrected chi connectivity index (χ4v) is 2.70. The van der Waals surface area contributed by atoms with Crippen LogP contribution >= 0.6 is 0 Å². The van der Waals surface area contributed by atoms with E-state index in [1.165, 1.54) is 12.1 Å². The molecule has 0 spiro atoms. The van der Waals surface area contributed by atoms with Crippen LogP contribution in [0.25, 0.3) is 0 Å². The zero-order chi connectivity index (χ0) is 15.6. The number of nitrogens with one attached hydrogen (secondary N) is 1. The molecule has 3 nitrogen and oxygen atoms in total. The molecule has 5 heteroatoms. The average molecular weight is 298 g/mol. The van der Waals surface area contributed by atoms with E-state index in [0.29, 0.717) is 25.2 Å². The molecule has 1 aliphatic heterocycles. The summed E-state index contributed by atoms with van der Waals surface area (Å²) < 4.78 is 34.3. The van der Waals surface area contributed by atoms with Gasteiger partial charge in [0.2, 0.25) is 0 Å². The Morgan fingerprint density at radius 3 is 2.19 bits per heavy atom. The molecular weight excluding hydrogens is 274 g/mol. The summed E-state index contributed by atoms with van der Waals surface area (Å²) in [6.45, 7) is 9.29. The molecule has 2 atom stereocenters. The molecule has 1 N–H and O–H groups in total. The Kier molecular flexibility index (Phi) is 5.17. The van der Waals surface area contributed by atoms with Crippen LogP contribution in [0.1, 0.15) is 33.3 Å². The van der Waals surface area contributed by atoms with Crippen LogP contribution < -0.4 is 10.2 Å². The molecule has 0 amide bonds. The van der Waals surface area contributed by atoms with Gasteiger partial charge in [0.15, 0.2) is 0 Å². The van der Waals surface area contributed by atoms with Crippen molar-refractivity contribution in [2.45, 2.75) is 52.5 Å². The molecule has 1 fully saturated rings. The second-order valence-electron chi connectivity index (χ2n) is 6.11. The molecule has 1 aromatic rings. The van der Waals surface area contributed by atoms with Crippen molar-refractivity contribution in [3.8, 4) is 0 Å². The molecule has 1 heterocycles. The zero-order valence-corrected chi connectivity index (χ0v) is 13.1. The average Bonchev–Trinajstić information content (AvgIpc) is 2.34. The van der Waals surface area contributed by atoms with E-state index in [-0.39, 0.29) is 23.9 Å². The number of anilines is 1. The SMILES string of the molecule is CC(C)NCc1cc(F)c(N2C[C@@H](C)O[C@@H](C)C2)c(F)c1. The Morgan fingerprint density at radius 1 is 1.19 bits per heavy atom.